The average molecular weight is 669 g/mol. The molecular formula is C41H45Cl2N2S+. The van der Waals surface area contributed by atoms with Crippen molar-refractivity contribution in [2.75, 3.05) is 19.0 Å². The number of halogens is 2. The van der Waals surface area contributed by atoms with Crippen molar-refractivity contribution in [3.8, 4) is 0 Å². The summed E-state index contributed by atoms with van der Waals surface area (Å²) in [5.74, 6) is 0. The van der Waals surface area contributed by atoms with Gasteiger partial charge in [0.25, 0.3) is 0 Å². The molecule has 2 aliphatic heterocycles. The Labute approximate surface area is 290 Å². The van der Waals surface area contributed by atoms with Crippen LogP contribution in [0, 0.1) is 0 Å². The molecule has 0 spiro atoms. The highest BCUT2D eigenvalue weighted by Gasteiger charge is 2.43. The Bertz CT molecular complexity index is 1880. The number of benzene rings is 3. The van der Waals surface area contributed by atoms with Gasteiger partial charge in [0.2, 0.25) is 5.69 Å². The van der Waals surface area contributed by atoms with Crippen molar-refractivity contribution in [2.24, 2.45) is 0 Å². The number of anilines is 1. The summed E-state index contributed by atoms with van der Waals surface area (Å²) in [6.45, 7) is 16.0. The van der Waals surface area contributed by atoms with Crippen LogP contribution in [-0.2, 0) is 16.2 Å². The van der Waals surface area contributed by atoms with Gasteiger partial charge in [-0.15, -0.1) is 0 Å². The largest absolute Gasteiger partial charge is 0.347 e. The fourth-order valence-corrected chi connectivity index (χ4v) is 8.72. The third-order valence-electron chi connectivity index (χ3n) is 10.1. The van der Waals surface area contributed by atoms with E-state index in [4.69, 9.17) is 23.2 Å². The average Bonchev–Trinajstić information content (AvgIpc) is 3.51. The van der Waals surface area contributed by atoms with E-state index in [9.17, 15) is 0 Å². The molecule has 0 unspecified atom stereocenters. The monoisotopic (exact) mass is 667 g/mol. The minimum absolute atomic E-state index is 0.127. The van der Waals surface area contributed by atoms with Crippen LogP contribution < -0.4 is 4.90 Å². The molecule has 2 heterocycles. The Balaban J connectivity index is 1.39. The first-order chi connectivity index (χ1) is 21.6. The van der Waals surface area contributed by atoms with Crippen LogP contribution in [0.3, 0.4) is 0 Å². The minimum atomic E-state index is -0.139. The lowest BCUT2D eigenvalue weighted by atomic mass is 9.81. The van der Waals surface area contributed by atoms with E-state index in [2.05, 4.69) is 145 Å². The van der Waals surface area contributed by atoms with Crippen LogP contribution >= 0.6 is 35.0 Å². The zero-order valence-electron chi connectivity index (χ0n) is 28.6. The molecule has 3 aromatic rings. The number of hydrogen-bond acceptors (Lipinski definition) is 2. The van der Waals surface area contributed by atoms with Crippen molar-refractivity contribution in [1.82, 2.24) is 0 Å². The summed E-state index contributed by atoms with van der Waals surface area (Å²) in [5.41, 5.74) is 11.5. The lowest BCUT2D eigenvalue weighted by Gasteiger charge is -2.24. The van der Waals surface area contributed by atoms with E-state index >= 15 is 0 Å². The molecule has 0 atom stereocenters. The molecule has 5 heteroatoms. The third kappa shape index (κ3) is 5.84. The normalized spacial score (nSPS) is 20.5. The van der Waals surface area contributed by atoms with Gasteiger partial charge in [0.15, 0.2) is 5.71 Å². The standard InChI is InChI=1S/C41H45Cl2N2S/c1-39(2,3)28-14-18-31(19-15-28)46-38-26(12-22-36-40(4,5)32-24-29(42)16-20-34(32)44(36)8)10-11-27(38)13-23-37-41(6,7)33-25-30(43)17-21-35(33)45(37)9/h12-25H,10-11H2,1-9H3/q+1. The van der Waals surface area contributed by atoms with E-state index in [1.807, 2.05) is 23.9 Å². The van der Waals surface area contributed by atoms with E-state index in [-0.39, 0.29) is 16.2 Å². The number of thioether (sulfide) groups is 1. The first kappa shape index (κ1) is 32.9. The Hall–Kier alpha value is -2.98. The van der Waals surface area contributed by atoms with E-state index in [1.165, 1.54) is 60.4 Å². The van der Waals surface area contributed by atoms with Crippen molar-refractivity contribution in [1.29, 1.82) is 0 Å². The van der Waals surface area contributed by atoms with E-state index < -0.39 is 0 Å². The predicted octanol–water partition coefficient (Wildman–Crippen LogP) is 11.9. The number of likely N-dealkylation sites (N-methyl/N-ethyl adjacent to an activating group) is 1. The predicted molar refractivity (Wildman–Crippen MR) is 201 cm³/mol. The molecule has 238 valence electrons. The molecule has 6 rings (SSSR count). The summed E-state index contributed by atoms with van der Waals surface area (Å²) in [4.78, 5) is 4.94. The Morgan fingerprint density at radius 2 is 1.46 bits per heavy atom. The smallest absolute Gasteiger partial charge is 0.209 e. The molecule has 3 aromatic carbocycles. The molecule has 0 N–H and O–H groups in total. The van der Waals surface area contributed by atoms with Crippen molar-refractivity contribution in [3.63, 3.8) is 0 Å². The molecule has 0 saturated carbocycles. The molecule has 0 amide bonds. The van der Waals surface area contributed by atoms with Crippen LogP contribution in [-0.4, -0.2) is 24.4 Å². The summed E-state index contributed by atoms with van der Waals surface area (Å²) in [6.07, 6.45) is 11.4. The summed E-state index contributed by atoms with van der Waals surface area (Å²) < 4.78 is 2.32. The number of allylic oxidation sites excluding steroid dienone is 7. The topological polar surface area (TPSA) is 6.25 Å². The van der Waals surface area contributed by atoms with Gasteiger partial charge in [-0.2, -0.15) is 4.58 Å². The maximum atomic E-state index is 6.43. The van der Waals surface area contributed by atoms with Gasteiger partial charge in [-0.25, -0.2) is 0 Å². The molecule has 0 radical (unpaired) electrons. The second-order valence-corrected chi connectivity index (χ2v) is 16.8. The fourth-order valence-electron chi connectivity index (χ4n) is 7.27. The Morgan fingerprint density at radius 3 is 2.13 bits per heavy atom. The van der Waals surface area contributed by atoms with Crippen molar-refractivity contribution >= 4 is 52.1 Å². The highest BCUT2D eigenvalue weighted by atomic mass is 35.5. The van der Waals surface area contributed by atoms with Crippen LogP contribution in [0.2, 0.25) is 10.0 Å². The maximum absolute atomic E-state index is 6.43. The number of rotatable bonds is 5. The molecule has 3 aliphatic rings. The van der Waals surface area contributed by atoms with E-state index in [0.29, 0.717) is 0 Å². The first-order valence-electron chi connectivity index (χ1n) is 16.2. The van der Waals surface area contributed by atoms with Crippen LogP contribution in [0.25, 0.3) is 0 Å². The van der Waals surface area contributed by atoms with Gasteiger partial charge >= 0.3 is 0 Å². The van der Waals surface area contributed by atoms with Gasteiger partial charge in [-0.3, -0.25) is 0 Å². The number of nitrogens with zero attached hydrogens (tertiary/aromatic N) is 2. The zero-order chi connectivity index (χ0) is 33.2. The van der Waals surface area contributed by atoms with Crippen molar-refractivity contribution in [2.45, 2.75) is 82.4 Å². The summed E-state index contributed by atoms with van der Waals surface area (Å²) in [6, 6.07) is 21.6. The van der Waals surface area contributed by atoms with Gasteiger partial charge < -0.3 is 4.90 Å². The molecular weight excluding hydrogens is 623 g/mol. The van der Waals surface area contributed by atoms with Gasteiger partial charge in [0.1, 0.15) is 7.05 Å². The first-order valence-corrected chi connectivity index (χ1v) is 17.7. The molecule has 0 bridgehead atoms. The van der Waals surface area contributed by atoms with Gasteiger partial charge in [-0.1, -0.05) is 93.9 Å². The molecule has 0 aromatic heterocycles. The highest BCUT2D eigenvalue weighted by molar-refractivity contribution is 8.03. The molecule has 0 fully saturated rings. The summed E-state index contributed by atoms with van der Waals surface area (Å²) in [7, 11) is 4.33. The Kier molecular flexibility index (Phi) is 8.54. The number of hydrogen-bond donors (Lipinski definition) is 0. The summed E-state index contributed by atoms with van der Waals surface area (Å²) >= 11 is 14.8. The quantitative estimate of drug-likeness (QED) is 0.250. The minimum Gasteiger partial charge on any atom is -0.347 e. The highest BCUT2D eigenvalue weighted by Crippen LogP contribution is 2.49. The Morgan fingerprint density at radius 1 is 0.804 bits per heavy atom. The van der Waals surface area contributed by atoms with Crippen LogP contribution in [0.1, 0.15) is 78.0 Å². The lowest BCUT2D eigenvalue weighted by Crippen LogP contribution is -2.26. The molecule has 2 nitrogen and oxygen atoms in total. The number of fused-ring (bicyclic) bond motifs is 2. The third-order valence-corrected chi connectivity index (χ3v) is 11.8. The SMILES string of the molecule is CN1C(=CC=C2CCC(C=CC3=[N+](C)c4ccc(Cl)cc4C3(C)C)=C2Sc2ccc(C(C)(C)C)cc2)C(C)(C)c2cc(Cl)ccc21. The van der Waals surface area contributed by atoms with Gasteiger partial charge in [-0.05, 0) is 103 Å². The van der Waals surface area contributed by atoms with E-state index in [0.717, 1.165) is 22.9 Å². The molecule has 46 heavy (non-hydrogen) atoms. The fraction of sp³-hybridized carbons (Fsp3) is 0.341. The van der Waals surface area contributed by atoms with Gasteiger partial charge in [0, 0.05) is 61.4 Å². The van der Waals surface area contributed by atoms with E-state index in [1.54, 1.807) is 0 Å². The second-order valence-electron chi connectivity index (χ2n) is 14.9. The molecule has 1 aliphatic carbocycles. The maximum Gasteiger partial charge on any atom is 0.209 e. The van der Waals surface area contributed by atoms with Crippen molar-refractivity contribution in [3.05, 3.63) is 133 Å². The van der Waals surface area contributed by atoms with Crippen molar-refractivity contribution < 1.29 is 4.58 Å². The lowest BCUT2D eigenvalue weighted by molar-refractivity contribution is -0.401. The van der Waals surface area contributed by atoms with Crippen LogP contribution in [0.5, 0.6) is 0 Å². The van der Waals surface area contributed by atoms with Crippen LogP contribution in [0.15, 0.2) is 112 Å². The molecule has 0 saturated heterocycles. The van der Waals surface area contributed by atoms with Gasteiger partial charge in [0.05, 0.1) is 5.41 Å². The second kappa shape index (κ2) is 11.9. The zero-order valence-corrected chi connectivity index (χ0v) is 30.9. The summed E-state index contributed by atoms with van der Waals surface area (Å²) in [5, 5.41) is 1.57. The van der Waals surface area contributed by atoms with Crippen LogP contribution in [0.4, 0.5) is 11.4 Å².